The minimum atomic E-state index is -3.96. The van der Waals surface area contributed by atoms with Crippen LogP contribution in [0, 0.1) is 5.92 Å². The lowest BCUT2D eigenvalue weighted by molar-refractivity contribution is -0.141. The van der Waals surface area contributed by atoms with E-state index in [0.717, 1.165) is 0 Å². The number of carboxylic acids is 1. The van der Waals surface area contributed by atoms with Crippen LogP contribution in [0.25, 0.3) is 0 Å². The predicted octanol–water partition coefficient (Wildman–Crippen LogP) is -0.211. The molecule has 0 aromatic heterocycles. The first kappa shape index (κ1) is 25.5. The molecule has 0 fully saturated rings. The quantitative estimate of drug-likeness (QED) is 0.239. The van der Waals surface area contributed by atoms with Gasteiger partial charge in [0, 0.05) is 0 Å². The van der Waals surface area contributed by atoms with Gasteiger partial charge >= 0.3 is 5.97 Å². The van der Waals surface area contributed by atoms with Gasteiger partial charge in [0.15, 0.2) is 0 Å². The summed E-state index contributed by atoms with van der Waals surface area (Å²) in [5.41, 5.74) is 11.3. The highest BCUT2D eigenvalue weighted by molar-refractivity contribution is 7.58. The molecule has 0 aromatic carbocycles. The van der Waals surface area contributed by atoms with Gasteiger partial charge in [-0.3, -0.25) is 14.2 Å². The van der Waals surface area contributed by atoms with Crippen molar-refractivity contribution in [2.75, 3.05) is 6.16 Å². The Labute approximate surface area is 159 Å². The molecule has 0 saturated carbocycles. The second kappa shape index (κ2) is 11.4. The van der Waals surface area contributed by atoms with E-state index in [1.807, 2.05) is 13.8 Å². The highest BCUT2D eigenvalue weighted by Crippen LogP contribution is 2.44. The van der Waals surface area contributed by atoms with Crippen LogP contribution in [0.15, 0.2) is 0 Å². The van der Waals surface area contributed by atoms with Crippen LogP contribution in [0.5, 0.6) is 0 Å². The number of amides is 2. The number of rotatable bonds is 12. The van der Waals surface area contributed by atoms with Crippen LogP contribution in [0.3, 0.4) is 0 Å². The molecule has 0 heterocycles. The maximum atomic E-state index is 12.5. The third-order valence-electron chi connectivity index (χ3n) is 4.47. The van der Waals surface area contributed by atoms with E-state index in [9.17, 15) is 28.9 Å². The molecule has 0 aliphatic heterocycles. The largest absolute Gasteiger partial charge is 0.480 e. The van der Waals surface area contributed by atoms with Crippen LogP contribution in [0.4, 0.5) is 0 Å². The number of hydrogen-bond acceptors (Lipinski definition) is 6. The monoisotopic (exact) mass is 408 g/mol. The molecule has 6 atom stereocenters. The van der Waals surface area contributed by atoms with Gasteiger partial charge in [0.2, 0.25) is 19.2 Å². The second-order valence-electron chi connectivity index (χ2n) is 6.84. The van der Waals surface area contributed by atoms with Crippen molar-refractivity contribution >= 4 is 25.2 Å². The Morgan fingerprint density at radius 1 is 1.04 bits per heavy atom. The van der Waals surface area contributed by atoms with Crippen molar-refractivity contribution in [1.82, 2.24) is 10.6 Å². The van der Waals surface area contributed by atoms with E-state index in [1.165, 1.54) is 6.92 Å². The number of carbonyl (C=O) groups excluding carboxylic acids is 2. The summed E-state index contributed by atoms with van der Waals surface area (Å²) in [5, 5.41) is 14.0. The molecule has 27 heavy (non-hydrogen) atoms. The molecule has 2 amide bonds. The van der Waals surface area contributed by atoms with Crippen molar-refractivity contribution in [2.45, 2.75) is 70.9 Å². The van der Waals surface area contributed by atoms with Gasteiger partial charge in [-0.15, -0.1) is 0 Å². The fourth-order valence-corrected chi connectivity index (χ4v) is 3.33. The molecule has 0 radical (unpaired) electrons. The van der Waals surface area contributed by atoms with Gasteiger partial charge in [-0.2, -0.15) is 0 Å². The highest BCUT2D eigenvalue weighted by Gasteiger charge is 2.34. The Hall–Kier alpha value is -1.48. The van der Waals surface area contributed by atoms with Crippen LogP contribution in [0.2, 0.25) is 0 Å². The SMILES string of the molecule is CCC[C@H](NC(=O)[C@@H](N)C(C)CC)C(=O)NC(CP(=O)(O)C(C)N)C(=O)O. The van der Waals surface area contributed by atoms with E-state index in [4.69, 9.17) is 11.5 Å². The predicted molar refractivity (Wildman–Crippen MR) is 102 cm³/mol. The van der Waals surface area contributed by atoms with Crippen LogP contribution >= 0.6 is 7.37 Å². The maximum absolute atomic E-state index is 12.5. The van der Waals surface area contributed by atoms with Crippen LogP contribution in [-0.4, -0.2) is 57.9 Å². The van der Waals surface area contributed by atoms with Gasteiger partial charge in [0.1, 0.15) is 12.1 Å². The molecule has 8 N–H and O–H groups in total. The first-order valence-corrected chi connectivity index (χ1v) is 10.9. The number of carbonyl (C=O) groups is 3. The fraction of sp³-hybridized carbons (Fsp3) is 0.812. The Morgan fingerprint density at radius 2 is 1.56 bits per heavy atom. The van der Waals surface area contributed by atoms with E-state index >= 15 is 0 Å². The molecular formula is C16H33N4O6P. The average Bonchev–Trinajstić information content (AvgIpc) is 2.58. The summed E-state index contributed by atoms with van der Waals surface area (Å²) in [6, 6.07) is -3.39. The number of hydrogen-bond donors (Lipinski definition) is 6. The van der Waals surface area contributed by atoms with E-state index in [0.29, 0.717) is 12.8 Å². The van der Waals surface area contributed by atoms with E-state index in [2.05, 4.69) is 10.6 Å². The third kappa shape index (κ3) is 8.38. The van der Waals surface area contributed by atoms with Gasteiger partial charge < -0.3 is 32.1 Å². The third-order valence-corrected chi connectivity index (χ3v) is 6.63. The van der Waals surface area contributed by atoms with Crippen LogP contribution < -0.4 is 22.1 Å². The van der Waals surface area contributed by atoms with Crippen molar-refractivity contribution in [2.24, 2.45) is 17.4 Å². The normalized spacial score (nSPS) is 19.1. The zero-order valence-corrected chi connectivity index (χ0v) is 17.2. The molecule has 10 nitrogen and oxygen atoms in total. The lowest BCUT2D eigenvalue weighted by Crippen LogP contribution is -2.56. The van der Waals surface area contributed by atoms with E-state index in [1.54, 1.807) is 6.92 Å². The summed E-state index contributed by atoms with van der Waals surface area (Å²) < 4.78 is 12.0. The lowest BCUT2D eigenvalue weighted by Gasteiger charge is -2.25. The standard InChI is InChI=1S/C16H33N4O6P/c1-5-7-11(19-15(22)13(18)9(3)6-2)14(21)20-12(16(23)24)8-27(25,26)10(4)17/h9-13H,5-8,17-18H2,1-4H3,(H,19,22)(H,20,21)(H,23,24)(H,25,26)/t9?,10?,11-,12?,13-/m0/s1. The average molecular weight is 408 g/mol. The van der Waals surface area contributed by atoms with E-state index in [-0.39, 0.29) is 12.3 Å². The summed E-state index contributed by atoms with van der Waals surface area (Å²) >= 11 is 0. The molecular weight excluding hydrogens is 375 g/mol. The Kier molecular flexibility index (Phi) is 10.8. The lowest BCUT2D eigenvalue weighted by atomic mass is 9.99. The molecule has 0 saturated heterocycles. The molecule has 0 spiro atoms. The second-order valence-corrected chi connectivity index (χ2v) is 9.53. The summed E-state index contributed by atoms with van der Waals surface area (Å²) in [7, 11) is -3.96. The summed E-state index contributed by atoms with van der Waals surface area (Å²) in [6.45, 7) is 6.79. The fourth-order valence-electron chi connectivity index (χ4n) is 2.22. The number of nitrogens with two attached hydrogens (primary N) is 2. The molecule has 0 aliphatic rings. The number of carboxylic acid groups (broad SMARTS) is 1. The minimum absolute atomic E-state index is 0.0894. The van der Waals surface area contributed by atoms with Crippen molar-refractivity contribution in [3.63, 3.8) is 0 Å². The smallest absolute Gasteiger partial charge is 0.326 e. The Balaban J connectivity index is 5.20. The first-order chi connectivity index (χ1) is 12.4. The van der Waals surface area contributed by atoms with E-state index < -0.39 is 55.2 Å². The molecule has 11 heteroatoms. The molecule has 4 unspecified atom stereocenters. The van der Waals surface area contributed by atoms with Crippen LogP contribution in [-0.2, 0) is 18.9 Å². The van der Waals surface area contributed by atoms with Gasteiger partial charge in [0.25, 0.3) is 0 Å². The van der Waals surface area contributed by atoms with Crippen molar-refractivity contribution in [3.8, 4) is 0 Å². The summed E-state index contributed by atoms with van der Waals surface area (Å²) in [6.07, 6.45) is 0.794. The zero-order valence-electron chi connectivity index (χ0n) is 16.3. The Morgan fingerprint density at radius 3 is 1.96 bits per heavy atom. The van der Waals surface area contributed by atoms with Gasteiger partial charge in [-0.1, -0.05) is 33.6 Å². The summed E-state index contributed by atoms with van der Waals surface area (Å²) in [4.78, 5) is 45.9. The summed E-state index contributed by atoms with van der Waals surface area (Å²) in [5.74, 6) is -3.94. The van der Waals surface area contributed by atoms with Gasteiger partial charge in [-0.05, 0) is 19.3 Å². The maximum Gasteiger partial charge on any atom is 0.326 e. The molecule has 158 valence electrons. The minimum Gasteiger partial charge on any atom is -0.480 e. The van der Waals surface area contributed by atoms with Crippen molar-refractivity contribution in [1.29, 1.82) is 0 Å². The van der Waals surface area contributed by atoms with Crippen molar-refractivity contribution in [3.05, 3.63) is 0 Å². The molecule has 0 bridgehead atoms. The number of aliphatic carboxylic acids is 1. The zero-order chi connectivity index (χ0) is 21.4. The van der Waals surface area contributed by atoms with Crippen molar-refractivity contribution < 1.29 is 28.9 Å². The number of nitrogens with one attached hydrogen (secondary N) is 2. The Bertz CT molecular complexity index is 571. The topological polar surface area (TPSA) is 185 Å². The van der Waals surface area contributed by atoms with Gasteiger partial charge in [-0.25, -0.2) is 4.79 Å². The molecule has 0 aliphatic carbocycles. The van der Waals surface area contributed by atoms with Crippen LogP contribution in [0.1, 0.15) is 47.0 Å². The van der Waals surface area contributed by atoms with Gasteiger partial charge in [0.05, 0.1) is 18.0 Å². The molecule has 0 rings (SSSR count). The molecule has 0 aromatic rings. The first-order valence-electron chi connectivity index (χ1n) is 9.03. The highest BCUT2D eigenvalue weighted by atomic mass is 31.2.